The molecule has 1 atom stereocenters. The molecule has 0 spiro atoms. The number of aliphatic imine (C=N–C) groups is 1. The molecule has 0 bridgehead atoms. The highest BCUT2D eigenvalue weighted by Gasteiger charge is 2.37. The van der Waals surface area contributed by atoms with Crippen molar-refractivity contribution in [2.75, 3.05) is 0 Å². The Balaban J connectivity index is 2.81. The molecule has 1 rings (SSSR count). The van der Waals surface area contributed by atoms with Gasteiger partial charge in [-0.25, -0.2) is 0 Å². The van der Waals surface area contributed by atoms with Crippen LogP contribution in [0.3, 0.4) is 0 Å². The minimum absolute atomic E-state index is 0.720. The Bertz CT molecular complexity index is 248. The van der Waals surface area contributed by atoms with Gasteiger partial charge in [0.05, 0.1) is 0 Å². The van der Waals surface area contributed by atoms with E-state index in [1.807, 2.05) is 0 Å². The normalized spacial score (nSPS) is 23.7. The van der Waals surface area contributed by atoms with Crippen molar-refractivity contribution in [3.8, 4) is 0 Å². The second kappa shape index (κ2) is 3.13. The van der Waals surface area contributed by atoms with E-state index in [1.54, 1.807) is 13.0 Å². The monoisotopic (exact) mass is 175 g/mol. The third-order valence-corrected chi connectivity index (χ3v) is 1.43. The molecule has 0 aliphatic carbocycles. The molecule has 1 nitrogen and oxygen atoms in total. The van der Waals surface area contributed by atoms with Gasteiger partial charge in [-0.05, 0) is 12.5 Å². The fraction of sp³-hybridized carbons (Fsp3) is 0.375. The maximum absolute atomic E-state index is 12.1. The lowest BCUT2D eigenvalue weighted by Crippen LogP contribution is -2.24. The van der Waals surface area contributed by atoms with Gasteiger partial charge in [-0.2, -0.15) is 13.2 Å². The SMILES string of the molecule is CC1=CC=CC(C(F)(F)F)N=C1. The van der Waals surface area contributed by atoms with E-state index in [2.05, 4.69) is 4.99 Å². The predicted molar refractivity (Wildman–Crippen MR) is 41.2 cm³/mol. The highest BCUT2D eigenvalue weighted by Crippen LogP contribution is 2.24. The molecule has 12 heavy (non-hydrogen) atoms. The maximum atomic E-state index is 12.1. The molecule has 0 aromatic heterocycles. The average Bonchev–Trinajstić information content (AvgIpc) is 2.11. The summed E-state index contributed by atoms with van der Waals surface area (Å²) in [7, 11) is 0. The van der Waals surface area contributed by atoms with E-state index in [9.17, 15) is 13.2 Å². The first kappa shape index (κ1) is 9.03. The zero-order valence-corrected chi connectivity index (χ0v) is 6.47. The minimum atomic E-state index is -4.27. The van der Waals surface area contributed by atoms with Gasteiger partial charge in [-0.3, -0.25) is 4.99 Å². The maximum Gasteiger partial charge on any atom is 0.414 e. The van der Waals surface area contributed by atoms with Crippen LogP contribution < -0.4 is 0 Å². The number of hydrogen-bond acceptors (Lipinski definition) is 1. The molecule has 0 saturated heterocycles. The molecule has 1 heterocycles. The van der Waals surface area contributed by atoms with Crippen molar-refractivity contribution in [1.82, 2.24) is 0 Å². The second-order valence-corrected chi connectivity index (χ2v) is 2.56. The molecule has 4 heteroatoms. The Morgan fingerprint density at radius 2 is 2.08 bits per heavy atom. The zero-order chi connectivity index (χ0) is 9.19. The highest BCUT2D eigenvalue weighted by atomic mass is 19.4. The summed E-state index contributed by atoms with van der Waals surface area (Å²) in [5.41, 5.74) is 0.720. The molecule has 0 radical (unpaired) electrons. The van der Waals surface area contributed by atoms with Crippen LogP contribution in [0.2, 0.25) is 0 Å². The lowest BCUT2D eigenvalue weighted by Gasteiger charge is -2.10. The van der Waals surface area contributed by atoms with Crippen molar-refractivity contribution in [3.63, 3.8) is 0 Å². The Labute approximate surface area is 68.3 Å². The highest BCUT2D eigenvalue weighted by molar-refractivity contribution is 5.79. The van der Waals surface area contributed by atoms with Crippen LogP contribution in [0.15, 0.2) is 28.8 Å². The van der Waals surface area contributed by atoms with Gasteiger partial charge in [0.1, 0.15) is 0 Å². The van der Waals surface area contributed by atoms with Crippen LogP contribution in [0, 0.1) is 0 Å². The minimum Gasteiger partial charge on any atom is -0.276 e. The van der Waals surface area contributed by atoms with E-state index >= 15 is 0 Å². The van der Waals surface area contributed by atoms with Crippen molar-refractivity contribution < 1.29 is 13.2 Å². The van der Waals surface area contributed by atoms with Gasteiger partial charge < -0.3 is 0 Å². The average molecular weight is 175 g/mol. The van der Waals surface area contributed by atoms with Crippen molar-refractivity contribution >= 4 is 6.21 Å². The lowest BCUT2D eigenvalue weighted by atomic mass is 10.2. The first-order chi connectivity index (χ1) is 5.50. The fourth-order valence-corrected chi connectivity index (χ4v) is 0.797. The predicted octanol–water partition coefficient (Wildman–Crippen LogP) is 2.50. The summed E-state index contributed by atoms with van der Waals surface area (Å²) in [4.78, 5) is 3.37. The third-order valence-electron chi connectivity index (χ3n) is 1.43. The fourth-order valence-electron chi connectivity index (χ4n) is 0.797. The molecular formula is C8H8F3N. The summed E-state index contributed by atoms with van der Waals surface area (Å²) in [5, 5.41) is 0. The third kappa shape index (κ3) is 2.22. The summed E-state index contributed by atoms with van der Waals surface area (Å²) < 4.78 is 36.2. The summed E-state index contributed by atoms with van der Waals surface area (Å²) >= 11 is 0. The quantitative estimate of drug-likeness (QED) is 0.536. The van der Waals surface area contributed by atoms with Crippen molar-refractivity contribution in [3.05, 3.63) is 23.8 Å². The number of alkyl halides is 3. The Kier molecular flexibility index (Phi) is 2.35. The molecule has 1 unspecified atom stereocenters. The number of rotatable bonds is 0. The molecule has 0 N–H and O–H groups in total. The van der Waals surface area contributed by atoms with E-state index in [0.29, 0.717) is 0 Å². The first-order valence-corrected chi connectivity index (χ1v) is 3.45. The molecule has 0 saturated carbocycles. The van der Waals surface area contributed by atoms with Crippen LogP contribution in [0.5, 0.6) is 0 Å². The first-order valence-electron chi connectivity index (χ1n) is 3.45. The number of nitrogens with zero attached hydrogens (tertiary/aromatic N) is 1. The zero-order valence-electron chi connectivity index (χ0n) is 6.47. The Hall–Kier alpha value is -1.06. The largest absolute Gasteiger partial charge is 0.414 e. The van der Waals surface area contributed by atoms with Crippen LogP contribution in [0.1, 0.15) is 6.92 Å². The molecule has 0 aromatic rings. The van der Waals surface area contributed by atoms with Gasteiger partial charge in [0.2, 0.25) is 0 Å². The van der Waals surface area contributed by atoms with Crippen LogP contribution in [0.25, 0.3) is 0 Å². The van der Waals surface area contributed by atoms with Crippen LogP contribution in [-0.4, -0.2) is 18.4 Å². The molecule has 0 fully saturated rings. The van der Waals surface area contributed by atoms with Crippen LogP contribution in [0.4, 0.5) is 13.2 Å². The van der Waals surface area contributed by atoms with Crippen molar-refractivity contribution in [2.24, 2.45) is 4.99 Å². The molecular weight excluding hydrogens is 167 g/mol. The molecule has 66 valence electrons. The molecule has 0 aromatic carbocycles. The Morgan fingerprint density at radius 3 is 2.67 bits per heavy atom. The molecule has 1 aliphatic heterocycles. The lowest BCUT2D eigenvalue weighted by molar-refractivity contribution is -0.136. The van der Waals surface area contributed by atoms with Crippen molar-refractivity contribution in [1.29, 1.82) is 0 Å². The second-order valence-electron chi connectivity index (χ2n) is 2.56. The van der Waals surface area contributed by atoms with E-state index in [-0.39, 0.29) is 0 Å². The van der Waals surface area contributed by atoms with E-state index in [4.69, 9.17) is 0 Å². The summed E-state index contributed by atoms with van der Waals surface area (Å²) in [6, 6.07) is -1.69. The van der Waals surface area contributed by atoms with Crippen LogP contribution >= 0.6 is 0 Å². The van der Waals surface area contributed by atoms with Gasteiger partial charge in [-0.15, -0.1) is 0 Å². The topological polar surface area (TPSA) is 12.4 Å². The van der Waals surface area contributed by atoms with Gasteiger partial charge in [0.15, 0.2) is 6.04 Å². The van der Waals surface area contributed by atoms with Crippen molar-refractivity contribution in [2.45, 2.75) is 19.1 Å². The molecule has 1 aliphatic rings. The van der Waals surface area contributed by atoms with E-state index in [0.717, 1.165) is 11.6 Å². The number of allylic oxidation sites excluding steroid dienone is 3. The number of halogens is 3. The standard InChI is InChI=1S/C8H8F3N/c1-6-3-2-4-7(12-5-6)8(9,10)11/h2-5,7H,1H3. The van der Waals surface area contributed by atoms with Gasteiger partial charge in [0, 0.05) is 6.21 Å². The molecule has 0 amide bonds. The van der Waals surface area contributed by atoms with E-state index < -0.39 is 12.2 Å². The Morgan fingerprint density at radius 1 is 1.42 bits per heavy atom. The van der Waals surface area contributed by atoms with Gasteiger partial charge >= 0.3 is 6.18 Å². The van der Waals surface area contributed by atoms with Gasteiger partial charge in [-0.1, -0.05) is 18.2 Å². The summed E-state index contributed by atoms with van der Waals surface area (Å²) in [6.07, 6.45) is 0.965. The smallest absolute Gasteiger partial charge is 0.276 e. The van der Waals surface area contributed by atoms with E-state index in [1.165, 1.54) is 12.3 Å². The van der Waals surface area contributed by atoms with Gasteiger partial charge in [0.25, 0.3) is 0 Å². The summed E-state index contributed by atoms with van der Waals surface area (Å²) in [5.74, 6) is 0. The number of hydrogen-bond donors (Lipinski definition) is 0. The summed E-state index contributed by atoms with van der Waals surface area (Å²) in [6.45, 7) is 1.70. The van der Waals surface area contributed by atoms with Crippen LogP contribution in [-0.2, 0) is 0 Å².